The topological polar surface area (TPSA) is 51.6 Å². The van der Waals surface area contributed by atoms with E-state index in [1.165, 1.54) is 0 Å². The molecule has 0 bridgehead atoms. The van der Waals surface area contributed by atoms with Gasteiger partial charge in [0, 0.05) is 34.6 Å². The zero-order chi connectivity index (χ0) is 22.7. The standard InChI is InChI=1S/C30H20N4/c1-2-16-28-27(15-1)33-29(23-11-7-9-21(19-23)25-13-3-5-17-31-25)30(34-28)24-12-8-10-22(20-24)26-14-4-6-18-32-26/h1-20H. The molecule has 6 aromatic rings. The summed E-state index contributed by atoms with van der Waals surface area (Å²) in [6, 6.07) is 36.5. The molecule has 0 aliphatic heterocycles. The number of nitrogens with zero attached hydrogens (tertiary/aromatic N) is 4. The van der Waals surface area contributed by atoms with Crippen LogP contribution in [0.5, 0.6) is 0 Å². The summed E-state index contributed by atoms with van der Waals surface area (Å²) in [5.74, 6) is 0. The van der Waals surface area contributed by atoms with Crippen molar-refractivity contribution >= 4 is 11.0 Å². The quantitative estimate of drug-likeness (QED) is 0.296. The minimum atomic E-state index is 0.842. The molecule has 0 spiro atoms. The average molecular weight is 437 g/mol. The molecule has 0 saturated heterocycles. The van der Waals surface area contributed by atoms with Gasteiger partial charge in [-0.3, -0.25) is 9.97 Å². The molecule has 6 rings (SSSR count). The molecule has 3 aromatic carbocycles. The third-order valence-corrected chi connectivity index (χ3v) is 5.76. The van der Waals surface area contributed by atoms with Gasteiger partial charge >= 0.3 is 0 Å². The van der Waals surface area contributed by atoms with E-state index in [1.54, 1.807) is 0 Å². The van der Waals surface area contributed by atoms with Gasteiger partial charge in [-0.2, -0.15) is 0 Å². The van der Waals surface area contributed by atoms with Gasteiger partial charge in [0.25, 0.3) is 0 Å². The molecule has 0 aliphatic rings. The van der Waals surface area contributed by atoms with Crippen molar-refractivity contribution in [2.75, 3.05) is 0 Å². The van der Waals surface area contributed by atoms with Crippen molar-refractivity contribution in [2.24, 2.45) is 0 Å². The molecule has 4 heteroatoms. The van der Waals surface area contributed by atoms with Crippen molar-refractivity contribution in [3.8, 4) is 45.0 Å². The summed E-state index contributed by atoms with van der Waals surface area (Å²) in [6.07, 6.45) is 3.62. The molecule has 0 aliphatic carbocycles. The van der Waals surface area contributed by atoms with E-state index in [0.717, 1.165) is 56.1 Å². The lowest BCUT2D eigenvalue weighted by molar-refractivity contribution is 1.28. The van der Waals surface area contributed by atoms with Gasteiger partial charge in [0.15, 0.2) is 0 Å². The van der Waals surface area contributed by atoms with Gasteiger partial charge in [0.2, 0.25) is 0 Å². The van der Waals surface area contributed by atoms with Crippen molar-refractivity contribution in [3.63, 3.8) is 0 Å². The maximum Gasteiger partial charge on any atom is 0.0973 e. The predicted octanol–water partition coefficient (Wildman–Crippen LogP) is 7.09. The zero-order valence-electron chi connectivity index (χ0n) is 18.3. The van der Waals surface area contributed by atoms with Crippen LogP contribution < -0.4 is 0 Å². The van der Waals surface area contributed by atoms with Crippen LogP contribution in [-0.2, 0) is 0 Å². The SMILES string of the molecule is c1ccc(-c2cccc(-c3nc4ccccc4nc3-c3cccc(-c4ccccn4)c3)c2)nc1. The zero-order valence-corrected chi connectivity index (χ0v) is 18.3. The number of hydrogen-bond acceptors (Lipinski definition) is 4. The normalized spacial score (nSPS) is 10.9. The summed E-state index contributed by atoms with van der Waals surface area (Å²) >= 11 is 0. The van der Waals surface area contributed by atoms with Crippen LogP contribution in [0, 0.1) is 0 Å². The van der Waals surface area contributed by atoms with Gasteiger partial charge in [-0.15, -0.1) is 0 Å². The highest BCUT2D eigenvalue weighted by Crippen LogP contribution is 2.34. The summed E-state index contributed by atoms with van der Waals surface area (Å²) < 4.78 is 0. The molecule has 0 saturated carbocycles. The van der Waals surface area contributed by atoms with Gasteiger partial charge in [0.1, 0.15) is 0 Å². The Balaban J connectivity index is 1.55. The first kappa shape index (κ1) is 19.9. The van der Waals surface area contributed by atoms with E-state index in [9.17, 15) is 0 Å². The minimum Gasteiger partial charge on any atom is -0.256 e. The first-order chi connectivity index (χ1) is 16.8. The summed E-state index contributed by atoms with van der Waals surface area (Å²) in [5.41, 5.74) is 9.36. The molecule has 0 radical (unpaired) electrons. The summed E-state index contributed by atoms with van der Waals surface area (Å²) in [7, 11) is 0. The van der Waals surface area contributed by atoms with Gasteiger partial charge in [-0.05, 0) is 48.5 Å². The number of fused-ring (bicyclic) bond motifs is 1. The molecule has 3 heterocycles. The van der Waals surface area contributed by atoms with E-state index in [0.29, 0.717) is 0 Å². The molecular weight excluding hydrogens is 416 g/mol. The van der Waals surface area contributed by atoms with Gasteiger partial charge in [0.05, 0.1) is 33.8 Å². The van der Waals surface area contributed by atoms with E-state index < -0.39 is 0 Å². The second-order valence-electron chi connectivity index (χ2n) is 8.00. The fraction of sp³-hybridized carbons (Fsp3) is 0. The fourth-order valence-electron chi connectivity index (χ4n) is 4.12. The monoisotopic (exact) mass is 436 g/mol. The number of rotatable bonds is 4. The second-order valence-corrected chi connectivity index (χ2v) is 8.00. The third-order valence-electron chi connectivity index (χ3n) is 5.76. The van der Waals surface area contributed by atoms with E-state index in [-0.39, 0.29) is 0 Å². The van der Waals surface area contributed by atoms with Crippen LogP contribution in [-0.4, -0.2) is 19.9 Å². The molecule has 160 valence electrons. The van der Waals surface area contributed by atoms with Crippen LogP contribution in [0.4, 0.5) is 0 Å². The Morgan fingerprint density at radius 3 is 1.26 bits per heavy atom. The Morgan fingerprint density at radius 1 is 0.382 bits per heavy atom. The Morgan fingerprint density at radius 2 is 0.824 bits per heavy atom. The number of para-hydroxylation sites is 2. The van der Waals surface area contributed by atoms with Gasteiger partial charge in [-0.1, -0.05) is 60.7 Å². The highest BCUT2D eigenvalue weighted by Gasteiger charge is 2.15. The van der Waals surface area contributed by atoms with E-state index in [1.807, 2.05) is 85.2 Å². The van der Waals surface area contributed by atoms with Crippen molar-refractivity contribution < 1.29 is 0 Å². The van der Waals surface area contributed by atoms with E-state index >= 15 is 0 Å². The van der Waals surface area contributed by atoms with E-state index in [2.05, 4.69) is 46.4 Å². The molecule has 3 aromatic heterocycles. The van der Waals surface area contributed by atoms with Crippen LogP contribution in [0.3, 0.4) is 0 Å². The summed E-state index contributed by atoms with van der Waals surface area (Å²) in [5, 5.41) is 0. The maximum atomic E-state index is 5.06. The fourth-order valence-corrected chi connectivity index (χ4v) is 4.12. The highest BCUT2D eigenvalue weighted by atomic mass is 14.8. The molecule has 4 nitrogen and oxygen atoms in total. The molecule has 0 unspecified atom stereocenters. The Bertz CT molecular complexity index is 1470. The molecule has 0 fully saturated rings. The Hall–Kier alpha value is -4.70. The molecule has 0 amide bonds. The van der Waals surface area contributed by atoms with Crippen LogP contribution in [0.25, 0.3) is 56.1 Å². The van der Waals surface area contributed by atoms with Crippen LogP contribution >= 0.6 is 0 Å². The second kappa shape index (κ2) is 8.68. The van der Waals surface area contributed by atoms with Crippen molar-refractivity contribution in [1.29, 1.82) is 0 Å². The molecule has 0 atom stereocenters. The third kappa shape index (κ3) is 3.82. The molecular formula is C30H20N4. The number of aromatic nitrogens is 4. The largest absolute Gasteiger partial charge is 0.256 e. The van der Waals surface area contributed by atoms with E-state index in [4.69, 9.17) is 9.97 Å². The smallest absolute Gasteiger partial charge is 0.0973 e. The van der Waals surface area contributed by atoms with Crippen LogP contribution in [0.1, 0.15) is 0 Å². The van der Waals surface area contributed by atoms with Crippen molar-refractivity contribution in [2.45, 2.75) is 0 Å². The Kier molecular flexibility index (Phi) is 5.09. The molecule has 0 N–H and O–H groups in total. The van der Waals surface area contributed by atoms with Gasteiger partial charge < -0.3 is 0 Å². The molecule has 34 heavy (non-hydrogen) atoms. The predicted molar refractivity (Wildman–Crippen MR) is 137 cm³/mol. The minimum absolute atomic E-state index is 0.842. The van der Waals surface area contributed by atoms with Crippen molar-refractivity contribution in [1.82, 2.24) is 19.9 Å². The van der Waals surface area contributed by atoms with Crippen LogP contribution in [0.15, 0.2) is 122 Å². The van der Waals surface area contributed by atoms with Crippen molar-refractivity contribution in [3.05, 3.63) is 122 Å². The lowest BCUT2D eigenvalue weighted by atomic mass is 9.99. The summed E-state index contributed by atoms with van der Waals surface area (Å²) in [6.45, 7) is 0. The number of hydrogen-bond donors (Lipinski definition) is 0. The maximum absolute atomic E-state index is 5.06. The Labute approximate surface area is 197 Å². The van der Waals surface area contributed by atoms with Crippen LogP contribution in [0.2, 0.25) is 0 Å². The number of benzene rings is 3. The first-order valence-corrected chi connectivity index (χ1v) is 11.2. The number of pyridine rings is 2. The lowest BCUT2D eigenvalue weighted by Crippen LogP contribution is -1.96. The lowest BCUT2D eigenvalue weighted by Gasteiger charge is -2.12. The highest BCUT2D eigenvalue weighted by molar-refractivity contribution is 5.88. The first-order valence-electron chi connectivity index (χ1n) is 11.2. The average Bonchev–Trinajstić information content (AvgIpc) is 2.93. The summed E-state index contributed by atoms with van der Waals surface area (Å²) in [4.78, 5) is 19.2. The van der Waals surface area contributed by atoms with Gasteiger partial charge in [-0.25, -0.2) is 9.97 Å².